The maximum absolute atomic E-state index is 11.8. The van der Waals surface area contributed by atoms with Gasteiger partial charge in [0.25, 0.3) is 0 Å². The van der Waals surface area contributed by atoms with Crippen LogP contribution in [0, 0.1) is 5.92 Å². The third kappa shape index (κ3) is 1.88. The van der Waals surface area contributed by atoms with Crippen LogP contribution in [0.2, 0.25) is 0 Å². The minimum absolute atomic E-state index is 0.342. The number of fused-ring (bicyclic) bond motifs is 1. The van der Waals surface area contributed by atoms with E-state index in [1.54, 1.807) is 0 Å². The average molecular weight is 247 g/mol. The second-order valence-corrected chi connectivity index (χ2v) is 5.09. The van der Waals surface area contributed by atoms with Crippen LogP contribution >= 0.6 is 0 Å². The van der Waals surface area contributed by atoms with Gasteiger partial charge in [0, 0.05) is 18.0 Å². The lowest BCUT2D eigenvalue weighted by atomic mass is 10.0. The first kappa shape index (κ1) is 11.6. The van der Waals surface area contributed by atoms with E-state index in [0.717, 1.165) is 43.0 Å². The van der Waals surface area contributed by atoms with Crippen LogP contribution in [-0.2, 0) is 17.7 Å². The molecule has 1 fully saturated rings. The Balaban J connectivity index is 2.06. The number of methoxy groups -OCH3 is 1. The Hall–Kier alpha value is -1.49. The highest BCUT2D eigenvalue weighted by atomic mass is 16.5. The van der Waals surface area contributed by atoms with E-state index in [1.165, 1.54) is 7.11 Å². The highest BCUT2D eigenvalue weighted by Gasteiger charge is 2.38. The Bertz CT molecular complexity index is 501. The number of hydrogen-bond acceptors (Lipinski definition) is 5. The van der Waals surface area contributed by atoms with Crippen LogP contribution in [0.3, 0.4) is 0 Å². The summed E-state index contributed by atoms with van der Waals surface area (Å²) in [7, 11) is 1.40. The summed E-state index contributed by atoms with van der Waals surface area (Å²) in [5.41, 5.74) is 2.39. The van der Waals surface area contributed by atoms with Gasteiger partial charge in [0.15, 0.2) is 5.69 Å². The van der Waals surface area contributed by atoms with Crippen LogP contribution in [-0.4, -0.2) is 29.6 Å². The molecule has 5 heteroatoms. The quantitative estimate of drug-likeness (QED) is 0.791. The van der Waals surface area contributed by atoms with Gasteiger partial charge in [-0.15, -0.1) is 0 Å². The highest BCUT2D eigenvalue weighted by molar-refractivity contribution is 5.89. The SMILES string of the molecule is COC(=O)c1nc(C2CC2C)nc2c1CCNC2. The molecule has 2 aliphatic rings. The molecular formula is C13H17N3O2. The normalized spacial score (nSPS) is 25.4. The third-order valence-corrected chi connectivity index (χ3v) is 3.77. The van der Waals surface area contributed by atoms with Crippen molar-refractivity contribution in [2.24, 2.45) is 5.92 Å². The van der Waals surface area contributed by atoms with Crippen LogP contribution in [0.25, 0.3) is 0 Å². The van der Waals surface area contributed by atoms with Gasteiger partial charge in [-0.2, -0.15) is 0 Å². The van der Waals surface area contributed by atoms with Gasteiger partial charge >= 0.3 is 5.97 Å². The zero-order valence-electron chi connectivity index (χ0n) is 10.7. The molecule has 18 heavy (non-hydrogen) atoms. The molecule has 2 unspecified atom stereocenters. The Labute approximate surface area is 106 Å². The van der Waals surface area contributed by atoms with Crippen molar-refractivity contribution in [2.75, 3.05) is 13.7 Å². The summed E-state index contributed by atoms with van der Waals surface area (Å²) >= 11 is 0. The average Bonchev–Trinajstić information content (AvgIpc) is 3.13. The Morgan fingerprint density at radius 2 is 2.22 bits per heavy atom. The maximum Gasteiger partial charge on any atom is 0.357 e. The molecule has 1 aromatic heterocycles. The van der Waals surface area contributed by atoms with Crippen molar-refractivity contribution in [3.63, 3.8) is 0 Å². The van der Waals surface area contributed by atoms with E-state index in [2.05, 4.69) is 22.2 Å². The maximum atomic E-state index is 11.8. The fraction of sp³-hybridized carbons (Fsp3) is 0.615. The van der Waals surface area contributed by atoms with E-state index in [4.69, 9.17) is 4.74 Å². The summed E-state index contributed by atoms with van der Waals surface area (Å²) in [4.78, 5) is 20.9. The molecule has 5 nitrogen and oxygen atoms in total. The topological polar surface area (TPSA) is 64.1 Å². The van der Waals surface area contributed by atoms with Crippen LogP contribution in [0.15, 0.2) is 0 Å². The van der Waals surface area contributed by atoms with E-state index < -0.39 is 0 Å². The molecule has 1 aromatic rings. The number of nitrogens with one attached hydrogen (secondary N) is 1. The molecule has 0 bridgehead atoms. The number of ether oxygens (including phenoxy) is 1. The number of nitrogens with zero attached hydrogens (tertiary/aromatic N) is 2. The number of hydrogen-bond donors (Lipinski definition) is 1. The Kier molecular flexibility index (Phi) is 2.78. The number of carbonyl (C=O) groups is 1. The van der Waals surface area contributed by atoms with Crippen molar-refractivity contribution >= 4 is 5.97 Å². The second kappa shape index (κ2) is 4.31. The van der Waals surface area contributed by atoms with Crippen LogP contribution < -0.4 is 5.32 Å². The monoisotopic (exact) mass is 247 g/mol. The standard InChI is InChI=1S/C13H17N3O2/c1-7-5-9(7)12-15-10-6-14-4-3-8(10)11(16-12)13(17)18-2/h7,9,14H,3-6H2,1-2H3. The fourth-order valence-electron chi connectivity index (χ4n) is 2.49. The van der Waals surface area contributed by atoms with Crippen molar-refractivity contribution in [2.45, 2.75) is 32.2 Å². The van der Waals surface area contributed by atoms with Crippen molar-refractivity contribution < 1.29 is 9.53 Å². The smallest absolute Gasteiger partial charge is 0.357 e. The van der Waals surface area contributed by atoms with Gasteiger partial charge in [0.2, 0.25) is 0 Å². The van der Waals surface area contributed by atoms with Crippen molar-refractivity contribution in [1.29, 1.82) is 0 Å². The van der Waals surface area contributed by atoms with E-state index in [9.17, 15) is 4.79 Å². The van der Waals surface area contributed by atoms with Gasteiger partial charge < -0.3 is 10.1 Å². The highest BCUT2D eigenvalue weighted by Crippen LogP contribution is 2.45. The van der Waals surface area contributed by atoms with E-state index in [0.29, 0.717) is 17.5 Å². The zero-order valence-corrected chi connectivity index (χ0v) is 10.7. The molecule has 0 radical (unpaired) electrons. The molecule has 0 spiro atoms. The fourth-order valence-corrected chi connectivity index (χ4v) is 2.49. The summed E-state index contributed by atoms with van der Waals surface area (Å²) in [5, 5.41) is 3.28. The first-order valence-corrected chi connectivity index (χ1v) is 6.39. The van der Waals surface area contributed by atoms with Gasteiger partial charge in [0.05, 0.1) is 12.8 Å². The van der Waals surface area contributed by atoms with Gasteiger partial charge in [0.1, 0.15) is 5.82 Å². The molecule has 0 amide bonds. The molecule has 0 aromatic carbocycles. The van der Waals surface area contributed by atoms with Crippen LogP contribution in [0.1, 0.15) is 46.8 Å². The molecule has 2 atom stereocenters. The molecule has 1 saturated carbocycles. The summed E-state index contributed by atoms with van der Waals surface area (Å²) < 4.78 is 4.83. The summed E-state index contributed by atoms with van der Waals surface area (Å²) in [6.07, 6.45) is 1.91. The summed E-state index contributed by atoms with van der Waals surface area (Å²) in [5.74, 6) is 1.51. The second-order valence-electron chi connectivity index (χ2n) is 5.09. The molecule has 3 rings (SSSR count). The number of carbonyl (C=O) groups excluding carboxylic acids is 1. The van der Waals surface area contributed by atoms with Gasteiger partial charge in [-0.3, -0.25) is 0 Å². The third-order valence-electron chi connectivity index (χ3n) is 3.77. The van der Waals surface area contributed by atoms with Crippen LogP contribution in [0.4, 0.5) is 0 Å². The lowest BCUT2D eigenvalue weighted by Crippen LogP contribution is -2.28. The number of esters is 1. The molecular weight excluding hydrogens is 230 g/mol. The lowest BCUT2D eigenvalue weighted by molar-refractivity contribution is 0.0591. The summed E-state index contributed by atoms with van der Waals surface area (Å²) in [6.45, 7) is 3.76. The van der Waals surface area contributed by atoms with Crippen LogP contribution in [0.5, 0.6) is 0 Å². The van der Waals surface area contributed by atoms with Crippen molar-refractivity contribution in [3.8, 4) is 0 Å². The van der Waals surface area contributed by atoms with E-state index in [-0.39, 0.29) is 5.97 Å². The predicted octanol–water partition coefficient (Wildman–Crippen LogP) is 1.03. The zero-order chi connectivity index (χ0) is 12.7. The first-order chi connectivity index (χ1) is 8.70. The Morgan fingerprint density at radius 3 is 2.89 bits per heavy atom. The molecule has 0 saturated heterocycles. The number of rotatable bonds is 2. The number of aromatic nitrogens is 2. The minimum Gasteiger partial charge on any atom is -0.464 e. The Morgan fingerprint density at radius 1 is 1.44 bits per heavy atom. The van der Waals surface area contributed by atoms with Gasteiger partial charge in [-0.25, -0.2) is 14.8 Å². The first-order valence-electron chi connectivity index (χ1n) is 6.39. The van der Waals surface area contributed by atoms with Crippen molar-refractivity contribution in [3.05, 3.63) is 22.8 Å². The van der Waals surface area contributed by atoms with Gasteiger partial charge in [-0.05, 0) is 25.3 Å². The molecule has 2 heterocycles. The summed E-state index contributed by atoms with van der Waals surface area (Å²) in [6, 6.07) is 0. The predicted molar refractivity (Wildman–Crippen MR) is 65.3 cm³/mol. The molecule has 1 aliphatic heterocycles. The van der Waals surface area contributed by atoms with Gasteiger partial charge in [-0.1, -0.05) is 6.92 Å². The van der Waals surface area contributed by atoms with Crippen molar-refractivity contribution in [1.82, 2.24) is 15.3 Å². The molecule has 1 aliphatic carbocycles. The largest absolute Gasteiger partial charge is 0.464 e. The molecule has 1 N–H and O–H groups in total. The van der Waals surface area contributed by atoms with E-state index in [1.807, 2.05) is 0 Å². The minimum atomic E-state index is -0.342. The van der Waals surface area contributed by atoms with E-state index >= 15 is 0 Å². The lowest BCUT2D eigenvalue weighted by Gasteiger charge is -2.19. The molecule has 96 valence electrons.